The molecule has 6 heteroatoms. The van der Waals surface area contributed by atoms with Crippen LogP contribution in [0.15, 0.2) is 0 Å². The summed E-state index contributed by atoms with van der Waals surface area (Å²) in [5, 5.41) is 13.0. The summed E-state index contributed by atoms with van der Waals surface area (Å²) in [6.07, 6.45) is 2.62. The standard InChI is InChI=1S/C11H15ClN4S/c1-7(16(2)8-3-4-8)6-14-11-15-10(12)9(5-13)17-11/h7-8H,3-4,6H2,1-2H3,(H,14,15). The molecule has 1 saturated carbocycles. The van der Waals surface area contributed by atoms with E-state index < -0.39 is 0 Å². The van der Waals surface area contributed by atoms with Crippen molar-refractivity contribution in [3.8, 4) is 6.07 Å². The van der Waals surface area contributed by atoms with Crippen LogP contribution in [0.5, 0.6) is 0 Å². The van der Waals surface area contributed by atoms with Gasteiger partial charge < -0.3 is 5.32 Å². The number of hydrogen-bond donors (Lipinski definition) is 1. The van der Waals surface area contributed by atoms with E-state index in [2.05, 4.69) is 29.2 Å². The minimum absolute atomic E-state index is 0.295. The Labute approximate surface area is 110 Å². The fourth-order valence-corrected chi connectivity index (χ4v) is 2.62. The van der Waals surface area contributed by atoms with Gasteiger partial charge in [0.25, 0.3) is 0 Å². The van der Waals surface area contributed by atoms with E-state index in [0.717, 1.165) is 17.7 Å². The van der Waals surface area contributed by atoms with Crippen molar-refractivity contribution >= 4 is 28.1 Å². The SMILES string of the molecule is CC(CNc1nc(Cl)c(C#N)s1)N(C)C1CC1. The Kier molecular flexibility index (Phi) is 3.87. The zero-order valence-electron chi connectivity index (χ0n) is 9.90. The molecule has 1 aliphatic rings. The average molecular weight is 271 g/mol. The van der Waals surface area contributed by atoms with E-state index in [0.29, 0.717) is 16.1 Å². The summed E-state index contributed by atoms with van der Waals surface area (Å²) in [6, 6.07) is 3.23. The molecule has 1 fully saturated rings. The maximum Gasteiger partial charge on any atom is 0.185 e. The van der Waals surface area contributed by atoms with E-state index >= 15 is 0 Å². The van der Waals surface area contributed by atoms with E-state index in [1.807, 2.05) is 6.07 Å². The van der Waals surface area contributed by atoms with Gasteiger partial charge in [0.2, 0.25) is 0 Å². The summed E-state index contributed by atoms with van der Waals surface area (Å²) in [5.41, 5.74) is 0. The number of nitriles is 1. The van der Waals surface area contributed by atoms with Crippen LogP contribution in [0.1, 0.15) is 24.6 Å². The molecule has 4 nitrogen and oxygen atoms in total. The van der Waals surface area contributed by atoms with Gasteiger partial charge in [-0.3, -0.25) is 4.90 Å². The molecule has 1 aromatic rings. The van der Waals surface area contributed by atoms with E-state index in [9.17, 15) is 0 Å². The molecule has 0 amide bonds. The molecule has 1 N–H and O–H groups in total. The highest BCUT2D eigenvalue weighted by Crippen LogP contribution is 2.28. The van der Waals surface area contributed by atoms with Crippen LogP contribution in [0.3, 0.4) is 0 Å². The number of halogens is 1. The Morgan fingerprint density at radius 3 is 2.94 bits per heavy atom. The van der Waals surface area contributed by atoms with Gasteiger partial charge in [-0.2, -0.15) is 5.26 Å². The molecule has 1 atom stereocenters. The van der Waals surface area contributed by atoms with E-state index in [1.54, 1.807) is 0 Å². The number of likely N-dealkylation sites (N-methyl/N-ethyl adjacent to an activating group) is 1. The molecule has 0 radical (unpaired) electrons. The number of nitrogens with one attached hydrogen (secondary N) is 1. The van der Waals surface area contributed by atoms with Crippen molar-refractivity contribution in [1.82, 2.24) is 9.88 Å². The van der Waals surface area contributed by atoms with Gasteiger partial charge in [0.05, 0.1) is 0 Å². The van der Waals surface area contributed by atoms with Gasteiger partial charge in [-0.1, -0.05) is 22.9 Å². The molecule has 2 rings (SSSR count). The van der Waals surface area contributed by atoms with Gasteiger partial charge in [-0.25, -0.2) is 4.98 Å². The zero-order valence-corrected chi connectivity index (χ0v) is 11.5. The first-order valence-electron chi connectivity index (χ1n) is 5.64. The molecular formula is C11H15ClN4S. The quantitative estimate of drug-likeness (QED) is 0.893. The summed E-state index contributed by atoms with van der Waals surface area (Å²) in [7, 11) is 2.15. The first-order chi connectivity index (χ1) is 8.11. The molecule has 1 unspecified atom stereocenters. The first-order valence-corrected chi connectivity index (χ1v) is 6.83. The number of aromatic nitrogens is 1. The minimum Gasteiger partial charge on any atom is -0.360 e. The third kappa shape index (κ3) is 3.09. The van der Waals surface area contributed by atoms with Crippen LogP contribution in [0.25, 0.3) is 0 Å². The Morgan fingerprint density at radius 2 is 2.41 bits per heavy atom. The largest absolute Gasteiger partial charge is 0.360 e. The van der Waals surface area contributed by atoms with E-state index in [1.165, 1.54) is 24.2 Å². The predicted octanol–water partition coefficient (Wildman–Crippen LogP) is 2.56. The van der Waals surface area contributed by atoms with Crippen molar-refractivity contribution in [1.29, 1.82) is 5.26 Å². The predicted molar refractivity (Wildman–Crippen MR) is 70.6 cm³/mol. The monoisotopic (exact) mass is 270 g/mol. The summed E-state index contributed by atoms with van der Waals surface area (Å²) < 4.78 is 0. The van der Waals surface area contributed by atoms with Crippen LogP contribution in [-0.4, -0.2) is 35.6 Å². The van der Waals surface area contributed by atoms with E-state index in [4.69, 9.17) is 16.9 Å². The Balaban J connectivity index is 1.86. The number of nitrogens with zero attached hydrogens (tertiary/aromatic N) is 3. The van der Waals surface area contributed by atoms with E-state index in [-0.39, 0.29) is 0 Å². The van der Waals surface area contributed by atoms with Gasteiger partial charge in [0.15, 0.2) is 10.3 Å². The van der Waals surface area contributed by atoms with Crippen LogP contribution in [0.4, 0.5) is 5.13 Å². The lowest BCUT2D eigenvalue weighted by atomic mass is 10.3. The smallest absolute Gasteiger partial charge is 0.185 e. The van der Waals surface area contributed by atoms with Crippen LogP contribution in [0, 0.1) is 11.3 Å². The lowest BCUT2D eigenvalue weighted by Crippen LogP contribution is -2.36. The third-order valence-corrected chi connectivity index (χ3v) is 4.36. The lowest BCUT2D eigenvalue weighted by molar-refractivity contribution is 0.257. The Morgan fingerprint density at radius 1 is 1.71 bits per heavy atom. The van der Waals surface area contributed by atoms with Crippen molar-refractivity contribution in [2.24, 2.45) is 0 Å². The zero-order chi connectivity index (χ0) is 12.4. The molecule has 0 bridgehead atoms. The van der Waals surface area contributed by atoms with Gasteiger partial charge in [-0.05, 0) is 26.8 Å². The van der Waals surface area contributed by atoms with Crippen molar-refractivity contribution in [2.45, 2.75) is 31.8 Å². The van der Waals surface area contributed by atoms with Crippen LogP contribution < -0.4 is 5.32 Å². The summed E-state index contributed by atoms with van der Waals surface area (Å²) >= 11 is 7.11. The topological polar surface area (TPSA) is 52.0 Å². The molecule has 92 valence electrons. The lowest BCUT2D eigenvalue weighted by Gasteiger charge is -2.24. The molecule has 0 aliphatic heterocycles. The van der Waals surface area contributed by atoms with Gasteiger partial charge in [0, 0.05) is 18.6 Å². The second-order valence-corrected chi connectivity index (χ2v) is 5.73. The van der Waals surface area contributed by atoms with Gasteiger partial charge >= 0.3 is 0 Å². The molecule has 0 spiro atoms. The molecule has 1 aliphatic carbocycles. The number of anilines is 1. The number of rotatable bonds is 5. The van der Waals surface area contributed by atoms with Crippen molar-refractivity contribution in [2.75, 3.05) is 18.9 Å². The summed E-state index contributed by atoms with van der Waals surface area (Å²) in [4.78, 5) is 6.96. The summed E-state index contributed by atoms with van der Waals surface area (Å²) in [5.74, 6) is 0. The number of thiazole rings is 1. The van der Waals surface area contributed by atoms with Gasteiger partial charge in [0.1, 0.15) is 10.9 Å². The van der Waals surface area contributed by atoms with Crippen LogP contribution in [-0.2, 0) is 0 Å². The molecular weight excluding hydrogens is 256 g/mol. The van der Waals surface area contributed by atoms with Crippen LogP contribution >= 0.6 is 22.9 Å². The Hall–Kier alpha value is -0.830. The van der Waals surface area contributed by atoms with Crippen molar-refractivity contribution in [3.05, 3.63) is 10.0 Å². The maximum atomic E-state index is 8.78. The maximum absolute atomic E-state index is 8.78. The second kappa shape index (κ2) is 5.21. The molecule has 1 heterocycles. The third-order valence-electron chi connectivity index (χ3n) is 3.05. The fraction of sp³-hybridized carbons (Fsp3) is 0.636. The molecule has 0 aromatic carbocycles. The minimum atomic E-state index is 0.295. The number of hydrogen-bond acceptors (Lipinski definition) is 5. The first kappa shape index (κ1) is 12.6. The Bertz CT molecular complexity index is 435. The second-order valence-electron chi connectivity index (χ2n) is 4.38. The normalized spacial score (nSPS) is 16.9. The van der Waals surface area contributed by atoms with Crippen molar-refractivity contribution < 1.29 is 0 Å². The highest BCUT2D eigenvalue weighted by atomic mass is 35.5. The highest BCUT2D eigenvalue weighted by Gasteiger charge is 2.28. The average Bonchev–Trinajstić information content (AvgIpc) is 3.09. The molecule has 0 saturated heterocycles. The van der Waals surface area contributed by atoms with Gasteiger partial charge in [-0.15, -0.1) is 0 Å². The molecule has 1 aromatic heterocycles. The fourth-order valence-electron chi connectivity index (χ4n) is 1.67. The van der Waals surface area contributed by atoms with Crippen molar-refractivity contribution in [3.63, 3.8) is 0 Å². The summed E-state index contributed by atoms with van der Waals surface area (Å²) in [6.45, 7) is 3.01. The van der Waals surface area contributed by atoms with Crippen LogP contribution in [0.2, 0.25) is 5.15 Å². The molecule has 17 heavy (non-hydrogen) atoms. The highest BCUT2D eigenvalue weighted by molar-refractivity contribution is 7.16.